The van der Waals surface area contributed by atoms with Crippen molar-refractivity contribution in [3.63, 3.8) is 0 Å². The highest BCUT2D eigenvalue weighted by Crippen LogP contribution is 2.59. The molecule has 0 aromatic heterocycles. The van der Waals surface area contributed by atoms with Crippen LogP contribution in [0.1, 0.15) is 19.3 Å². The topological polar surface area (TPSA) is 85.4 Å². The predicted molar refractivity (Wildman–Crippen MR) is 88.9 cm³/mol. The zero-order valence-electron chi connectivity index (χ0n) is 13.8. The molecule has 6 heteroatoms. The van der Waals surface area contributed by atoms with Crippen LogP contribution < -0.4 is 9.47 Å². The van der Waals surface area contributed by atoms with E-state index in [9.17, 15) is 14.7 Å². The monoisotopic (exact) mass is 352 g/mol. The van der Waals surface area contributed by atoms with Crippen molar-refractivity contribution in [1.29, 1.82) is 0 Å². The standard InChI is InChI=1S/C20H16O6/c21-12-7-8-16(22)19(23)11(12)9-15-18(24-15)20(19)25-13-5-1-3-10-4-2-6-14(26-20)17(10)13/h1-6,11,15,18,23H,7-9H2. The van der Waals surface area contributed by atoms with Gasteiger partial charge < -0.3 is 19.3 Å². The van der Waals surface area contributed by atoms with Crippen LogP contribution in [0.2, 0.25) is 0 Å². The molecule has 2 aliphatic carbocycles. The van der Waals surface area contributed by atoms with Gasteiger partial charge in [0, 0.05) is 12.8 Å². The van der Waals surface area contributed by atoms with Crippen LogP contribution in [0.4, 0.5) is 0 Å². The first-order chi connectivity index (χ1) is 12.5. The molecule has 0 bridgehead atoms. The van der Waals surface area contributed by atoms with Crippen LogP contribution in [0.3, 0.4) is 0 Å². The maximum absolute atomic E-state index is 12.9. The van der Waals surface area contributed by atoms with E-state index in [2.05, 4.69) is 0 Å². The van der Waals surface area contributed by atoms with Crippen LogP contribution in [0.5, 0.6) is 11.5 Å². The minimum Gasteiger partial charge on any atom is -0.446 e. The van der Waals surface area contributed by atoms with Crippen molar-refractivity contribution in [3.8, 4) is 11.5 Å². The van der Waals surface area contributed by atoms with Gasteiger partial charge in [-0.1, -0.05) is 24.3 Å². The maximum atomic E-state index is 12.9. The largest absolute Gasteiger partial charge is 0.446 e. The van der Waals surface area contributed by atoms with E-state index >= 15 is 0 Å². The second-order valence-corrected chi connectivity index (χ2v) is 7.52. The molecule has 132 valence electrons. The number of ketones is 2. The number of benzene rings is 2. The Morgan fingerprint density at radius 1 is 1.00 bits per heavy atom. The Morgan fingerprint density at radius 2 is 1.69 bits per heavy atom. The summed E-state index contributed by atoms with van der Waals surface area (Å²) in [4.78, 5) is 25.4. The Labute approximate surface area is 148 Å². The highest BCUT2D eigenvalue weighted by atomic mass is 16.8. The number of carbonyl (C=O) groups is 2. The van der Waals surface area contributed by atoms with Crippen molar-refractivity contribution in [3.05, 3.63) is 36.4 Å². The summed E-state index contributed by atoms with van der Waals surface area (Å²) in [6.45, 7) is 0. The van der Waals surface area contributed by atoms with Crippen LogP contribution in [-0.4, -0.2) is 40.3 Å². The molecule has 3 fully saturated rings. The summed E-state index contributed by atoms with van der Waals surface area (Å²) in [5.41, 5.74) is -2.05. The normalized spacial score (nSPS) is 36.1. The summed E-state index contributed by atoms with van der Waals surface area (Å²) in [6.07, 6.45) is -0.372. The molecule has 2 saturated carbocycles. The van der Waals surface area contributed by atoms with Gasteiger partial charge in [-0.05, 0) is 23.9 Å². The lowest BCUT2D eigenvalue weighted by atomic mass is 9.62. The fourth-order valence-electron chi connectivity index (χ4n) is 4.94. The second kappa shape index (κ2) is 4.45. The molecule has 0 radical (unpaired) electrons. The third kappa shape index (κ3) is 1.52. The van der Waals surface area contributed by atoms with Gasteiger partial charge in [0.05, 0.1) is 17.4 Å². The first-order valence-corrected chi connectivity index (χ1v) is 8.88. The molecule has 4 atom stereocenters. The van der Waals surface area contributed by atoms with Crippen LogP contribution in [-0.2, 0) is 14.3 Å². The molecular weight excluding hydrogens is 336 g/mol. The molecular formula is C20H16O6. The van der Waals surface area contributed by atoms with Crippen molar-refractivity contribution in [1.82, 2.24) is 0 Å². The fourth-order valence-corrected chi connectivity index (χ4v) is 4.94. The summed E-state index contributed by atoms with van der Waals surface area (Å²) in [5, 5.41) is 13.3. The Hall–Kier alpha value is -2.44. The van der Waals surface area contributed by atoms with Crippen molar-refractivity contribution in [2.75, 3.05) is 0 Å². The molecule has 6 rings (SSSR count). The van der Waals surface area contributed by atoms with E-state index in [0.717, 1.165) is 10.8 Å². The van der Waals surface area contributed by atoms with Gasteiger partial charge in [-0.3, -0.25) is 9.59 Å². The number of aliphatic hydroxyl groups is 1. The number of hydrogen-bond acceptors (Lipinski definition) is 6. The molecule has 6 nitrogen and oxygen atoms in total. The maximum Gasteiger partial charge on any atom is 0.317 e. The first-order valence-electron chi connectivity index (χ1n) is 8.88. The lowest BCUT2D eigenvalue weighted by Gasteiger charge is -2.52. The number of Topliss-reactive ketones (excluding diaryl/α,β-unsaturated/α-hetero) is 2. The predicted octanol–water partition coefficient (Wildman–Crippen LogP) is 1.76. The molecule has 1 saturated heterocycles. The average molecular weight is 352 g/mol. The third-order valence-corrected chi connectivity index (χ3v) is 6.22. The van der Waals surface area contributed by atoms with Crippen LogP contribution >= 0.6 is 0 Å². The summed E-state index contributed by atoms with van der Waals surface area (Å²) in [5.74, 6) is -2.09. The van der Waals surface area contributed by atoms with E-state index in [1.807, 2.05) is 24.3 Å². The highest BCUT2D eigenvalue weighted by Gasteiger charge is 2.80. The lowest BCUT2D eigenvalue weighted by Crippen LogP contribution is -2.76. The van der Waals surface area contributed by atoms with Gasteiger partial charge in [0.1, 0.15) is 17.3 Å². The smallest absolute Gasteiger partial charge is 0.317 e. The number of epoxide rings is 1. The van der Waals surface area contributed by atoms with Gasteiger partial charge in [-0.25, -0.2) is 0 Å². The Bertz CT molecular complexity index is 956. The second-order valence-electron chi connectivity index (χ2n) is 7.52. The molecule has 26 heavy (non-hydrogen) atoms. The molecule has 4 unspecified atom stereocenters. The Morgan fingerprint density at radius 3 is 2.38 bits per heavy atom. The van der Waals surface area contributed by atoms with E-state index in [1.54, 1.807) is 12.1 Å². The minimum atomic E-state index is -2.05. The van der Waals surface area contributed by atoms with Gasteiger partial charge >= 0.3 is 5.79 Å². The summed E-state index contributed by atoms with van der Waals surface area (Å²) < 4.78 is 18.1. The van der Waals surface area contributed by atoms with Crippen LogP contribution in [0, 0.1) is 5.92 Å². The molecule has 2 aromatic carbocycles. The summed E-state index contributed by atoms with van der Waals surface area (Å²) >= 11 is 0. The first kappa shape index (κ1) is 14.7. The third-order valence-electron chi connectivity index (χ3n) is 6.22. The van der Waals surface area contributed by atoms with Crippen molar-refractivity contribution in [2.45, 2.75) is 42.9 Å². The van der Waals surface area contributed by atoms with Gasteiger partial charge in [-0.15, -0.1) is 0 Å². The van der Waals surface area contributed by atoms with Gasteiger partial charge in [0.2, 0.25) is 5.60 Å². The van der Waals surface area contributed by atoms with Gasteiger partial charge in [0.15, 0.2) is 11.9 Å². The quantitative estimate of drug-likeness (QED) is 0.727. The Balaban J connectivity index is 1.60. The lowest BCUT2D eigenvalue weighted by molar-refractivity contribution is -0.266. The van der Waals surface area contributed by atoms with Crippen molar-refractivity contribution < 1.29 is 28.9 Å². The van der Waals surface area contributed by atoms with Gasteiger partial charge in [-0.2, -0.15) is 0 Å². The number of fused-ring (bicyclic) bond motifs is 4. The van der Waals surface area contributed by atoms with Gasteiger partial charge in [0.25, 0.3) is 0 Å². The number of hydrogen-bond donors (Lipinski definition) is 1. The SMILES string of the molecule is O=C1CCC(=O)C2(O)C1CC1OC1C21Oc2cccc3cccc(c23)O1. The van der Waals surface area contributed by atoms with E-state index in [4.69, 9.17) is 14.2 Å². The Kier molecular flexibility index (Phi) is 2.51. The van der Waals surface area contributed by atoms with E-state index in [0.29, 0.717) is 17.9 Å². The fraction of sp³-hybridized carbons (Fsp3) is 0.400. The molecule has 4 aliphatic rings. The summed E-state index contributed by atoms with van der Waals surface area (Å²) in [7, 11) is 0. The number of carbonyl (C=O) groups excluding carboxylic acids is 2. The minimum absolute atomic E-state index is 0.0104. The molecule has 2 heterocycles. The number of rotatable bonds is 0. The zero-order chi connectivity index (χ0) is 17.7. The van der Waals surface area contributed by atoms with Crippen molar-refractivity contribution >= 4 is 22.3 Å². The zero-order valence-corrected chi connectivity index (χ0v) is 13.8. The van der Waals surface area contributed by atoms with Crippen molar-refractivity contribution in [2.24, 2.45) is 5.92 Å². The highest BCUT2D eigenvalue weighted by molar-refractivity contribution is 6.02. The molecule has 2 aromatic rings. The molecule has 1 N–H and O–H groups in total. The van der Waals surface area contributed by atoms with Crippen LogP contribution in [0.25, 0.3) is 10.8 Å². The van der Waals surface area contributed by atoms with Crippen LogP contribution in [0.15, 0.2) is 36.4 Å². The average Bonchev–Trinajstić information content (AvgIpc) is 3.42. The molecule has 0 amide bonds. The van der Waals surface area contributed by atoms with E-state index in [1.165, 1.54) is 0 Å². The van der Waals surface area contributed by atoms with E-state index < -0.39 is 29.2 Å². The van der Waals surface area contributed by atoms with E-state index in [-0.39, 0.29) is 24.7 Å². The molecule has 2 aliphatic heterocycles. The number of ether oxygens (including phenoxy) is 3. The summed E-state index contributed by atoms with van der Waals surface area (Å²) in [6, 6.07) is 11.2. The molecule has 1 spiro atoms.